The highest BCUT2D eigenvalue weighted by Crippen LogP contribution is 1.98. The summed E-state index contributed by atoms with van der Waals surface area (Å²) in [5.41, 5.74) is 1.29. The Balaban J connectivity index is 2.89. The number of hydrogen-bond acceptors (Lipinski definition) is 0. The molecule has 0 nitrogen and oxygen atoms in total. The molecule has 0 aromatic heterocycles. The summed E-state index contributed by atoms with van der Waals surface area (Å²) in [5, 5.41) is 1.45. The quantitative estimate of drug-likeness (QED) is 0.515. The molecule has 10 heavy (non-hydrogen) atoms. The zero-order valence-electron chi connectivity index (χ0n) is 6.46. The van der Waals surface area contributed by atoms with Gasteiger partial charge in [0.05, 0.1) is 0 Å². The van der Waals surface area contributed by atoms with E-state index in [-0.39, 0.29) is 0 Å². The van der Waals surface area contributed by atoms with Crippen molar-refractivity contribution in [2.45, 2.75) is 6.92 Å². The summed E-state index contributed by atoms with van der Waals surface area (Å²) in [4.78, 5) is 0. The minimum Gasteiger partial charge on any atom is -0.0871 e. The van der Waals surface area contributed by atoms with Crippen LogP contribution >= 0.6 is 0 Å². The van der Waals surface area contributed by atoms with Crippen LogP contribution < -0.4 is 5.19 Å². The van der Waals surface area contributed by atoms with Crippen molar-refractivity contribution in [3.8, 4) is 0 Å². The molecule has 0 N–H and O–H groups in total. The molecule has 1 aromatic rings. The van der Waals surface area contributed by atoms with E-state index in [1.54, 1.807) is 0 Å². The molecule has 1 rings (SSSR count). The third-order valence-corrected chi connectivity index (χ3v) is 2.10. The van der Waals surface area contributed by atoms with Gasteiger partial charge in [-0.1, -0.05) is 41.6 Å². The largest absolute Gasteiger partial charge is 0.0871 e. The molecule has 0 radical (unpaired) electrons. The van der Waals surface area contributed by atoms with Crippen molar-refractivity contribution in [2.75, 3.05) is 0 Å². The molecule has 0 bridgehead atoms. The van der Waals surface area contributed by atoms with E-state index in [2.05, 4.69) is 36.4 Å². The van der Waals surface area contributed by atoms with Crippen LogP contribution in [0.15, 0.2) is 30.3 Å². The first-order valence-electron chi connectivity index (χ1n) is 3.52. The standard InChI is InChI=1S/C9H12Si/c1-2-3-8-4-6-9(10)7-5-8/h2-7H,1,10H3/b3-2-. The van der Waals surface area contributed by atoms with Crippen LogP contribution in [0.1, 0.15) is 12.5 Å². The first-order chi connectivity index (χ1) is 4.83. The van der Waals surface area contributed by atoms with Gasteiger partial charge in [-0.3, -0.25) is 0 Å². The molecule has 0 heterocycles. The Morgan fingerprint density at radius 3 is 2.30 bits per heavy atom. The predicted octanol–water partition coefficient (Wildman–Crippen LogP) is 0.710. The summed E-state index contributed by atoms with van der Waals surface area (Å²) in [5.74, 6) is 0. The van der Waals surface area contributed by atoms with Gasteiger partial charge in [-0.25, -0.2) is 0 Å². The number of benzene rings is 1. The summed E-state index contributed by atoms with van der Waals surface area (Å²) in [6.45, 7) is 2.04. The smallest absolute Gasteiger partial charge is 0.0384 e. The van der Waals surface area contributed by atoms with Gasteiger partial charge in [-0.05, 0) is 12.5 Å². The first kappa shape index (κ1) is 7.29. The minimum absolute atomic E-state index is 1.15. The van der Waals surface area contributed by atoms with E-state index in [1.165, 1.54) is 10.8 Å². The lowest BCUT2D eigenvalue weighted by atomic mass is 10.2. The summed E-state index contributed by atoms with van der Waals surface area (Å²) in [7, 11) is 1.15. The third-order valence-electron chi connectivity index (χ3n) is 1.44. The zero-order chi connectivity index (χ0) is 7.40. The summed E-state index contributed by atoms with van der Waals surface area (Å²) < 4.78 is 0. The van der Waals surface area contributed by atoms with Crippen molar-refractivity contribution in [3.05, 3.63) is 35.9 Å². The lowest BCUT2D eigenvalue weighted by Crippen LogP contribution is -1.98. The van der Waals surface area contributed by atoms with Gasteiger partial charge in [-0.2, -0.15) is 0 Å². The maximum absolute atomic E-state index is 2.18. The lowest BCUT2D eigenvalue weighted by molar-refractivity contribution is 1.68. The van der Waals surface area contributed by atoms with E-state index < -0.39 is 0 Å². The fourth-order valence-corrected chi connectivity index (χ4v) is 1.20. The number of hydrogen-bond donors (Lipinski definition) is 0. The molecule has 1 heteroatoms. The molecular formula is C9H12Si. The molecule has 0 saturated carbocycles. The minimum atomic E-state index is 1.15. The summed E-state index contributed by atoms with van der Waals surface area (Å²) in [6, 6.07) is 8.67. The third kappa shape index (κ3) is 1.85. The Hall–Kier alpha value is -0.823. The van der Waals surface area contributed by atoms with Crippen molar-refractivity contribution in [1.29, 1.82) is 0 Å². The van der Waals surface area contributed by atoms with Crippen molar-refractivity contribution in [3.63, 3.8) is 0 Å². The molecule has 1 aromatic carbocycles. The average molecular weight is 148 g/mol. The topological polar surface area (TPSA) is 0 Å². The van der Waals surface area contributed by atoms with Crippen LogP contribution in [0.25, 0.3) is 6.08 Å². The van der Waals surface area contributed by atoms with Gasteiger partial charge in [0.1, 0.15) is 0 Å². The Bertz CT molecular complexity index is 221. The van der Waals surface area contributed by atoms with Gasteiger partial charge in [-0.15, -0.1) is 0 Å². The monoisotopic (exact) mass is 148 g/mol. The maximum atomic E-state index is 2.18. The molecule has 0 unspecified atom stereocenters. The van der Waals surface area contributed by atoms with Gasteiger partial charge in [0.25, 0.3) is 0 Å². The van der Waals surface area contributed by atoms with E-state index in [0.717, 1.165) is 10.2 Å². The Morgan fingerprint density at radius 1 is 1.20 bits per heavy atom. The van der Waals surface area contributed by atoms with Gasteiger partial charge in [0.15, 0.2) is 0 Å². The predicted molar refractivity (Wildman–Crippen MR) is 50.7 cm³/mol. The van der Waals surface area contributed by atoms with Gasteiger partial charge in [0.2, 0.25) is 0 Å². The molecule has 0 aliphatic rings. The first-order valence-corrected chi connectivity index (χ1v) is 4.52. The zero-order valence-corrected chi connectivity index (χ0v) is 8.46. The fourth-order valence-electron chi connectivity index (χ4n) is 0.870. The molecule has 0 atom stereocenters. The Kier molecular flexibility index (Phi) is 2.46. The summed E-state index contributed by atoms with van der Waals surface area (Å²) >= 11 is 0. The van der Waals surface area contributed by atoms with Crippen LogP contribution in [0.3, 0.4) is 0 Å². The van der Waals surface area contributed by atoms with Crippen LogP contribution in [0.5, 0.6) is 0 Å². The van der Waals surface area contributed by atoms with E-state index in [4.69, 9.17) is 0 Å². The molecule has 52 valence electrons. The molecule has 0 amide bonds. The number of allylic oxidation sites excluding steroid dienone is 1. The normalized spacial score (nSPS) is 10.9. The summed E-state index contributed by atoms with van der Waals surface area (Å²) in [6.07, 6.45) is 4.17. The van der Waals surface area contributed by atoms with E-state index in [9.17, 15) is 0 Å². The van der Waals surface area contributed by atoms with E-state index in [0.29, 0.717) is 0 Å². The van der Waals surface area contributed by atoms with Crippen LogP contribution in [0, 0.1) is 0 Å². The van der Waals surface area contributed by atoms with Crippen LogP contribution in [-0.2, 0) is 0 Å². The Labute approximate surface area is 65.0 Å². The molecule has 0 saturated heterocycles. The van der Waals surface area contributed by atoms with Crippen LogP contribution in [0.2, 0.25) is 0 Å². The van der Waals surface area contributed by atoms with Gasteiger partial charge in [0, 0.05) is 10.2 Å². The fraction of sp³-hybridized carbons (Fsp3) is 0.111. The molecule has 0 aliphatic heterocycles. The molecule has 0 fully saturated rings. The van der Waals surface area contributed by atoms with E-state index >= 15 is 0 Å². The highest BCUT2D eigenvalue weighted by molar-refractivity contribution is 6.32. The van der Waals surface area contributed by atoms with Crippen molar-refractivity contribution in [1.82, 2.24) is 0 Å². The van der Waals surface area contributed by atoms with Crippen molar-refractivity contribution < 1.29 is 0 Å². The van der Waals surface area contributed by atoms with Crippen molar-refractivity contribution in [2.24, 2.45) is 0 Å². The highest BCUT2D eigenvalue weighted by atomic mass is 28.1. The second kappa shape index (κ2) is 3.37. The molecule has 0 spiro atoms. The van der Waals surface area contributed by atoms with Crippen molar-refractivity contribution >= 4 is 21.5 Å². The second-order valence-corrected chi connectivity index (χ2v) is 3.57. The highest BCUT2D eigenvalue weighted by Gasteiger charge is 1.83. The van der Waals surface area contributed by atoms with Crippen LogP contribution in [0.4, 0.5) is 0 Å². The maximum Gasteiger partial charge on any atom is 0.0384 e. The Morgan fingerprint density at radius 2 is 1.80 bits per heavy atom. The molecular weight excluding hydrogens is 136 g/mol. The SMILES string of the molecule is C/C=C\c1ccc([SiH3])cc1. The van der Waals surface area contributed by atoms with Crippen LogP contribution in [-0.4, -0.2) is 10.2 Å². The molecule has 0 aliphatic carbocycles. The number of rotatable bonds is 1. The van der Waals surface area contributed by atoms with Gasteiger partial charge < -0.3 is 0 Å². The second-order valence-electron chi connectivity index (χ2n) is 2.41. The van der Waals surface area contributed by atoms with Gasteiger partial charge >= 0.3 is 0 Å². The average Bonchev–Trinajstić information content (AvgIpc) is 1.95. The lowest BCUT2D eigenvalue weighted by Gasteiger charge is -1.92. The van der Waals surface area contributed by atoms with E-state index in [1.807, 2.05) is 6.92 Å².